The van der Waals surface area contributed by atoms with Crippen LogP contribution in [0, 0.1) is 0 Å². The Labute approximate surface area is 64.9 Å². The Morgan fingerprint density at radius 3 is 1.88 bits per heavy atom. The van der Waals surface area contributed by atoms with E-state index in [0.717, 1.165) is 12.8 Å². The molecule has 0 aromatic rings. The van der Waals surface area contributed by atoms with E-state index in [2.05, 4.69) is 6.92 Å². The lowest BCUT2D eigenvalue weighted by atomic mass is 10.3. The molecule has 0 unspecified atom stereocenters. The van der Waals surface area contributed by atoms with Gasteiger partial charge in [-0.2, -0.15) is 0 Å². The average Bonchev–Trinajstić information content (AvgIpc) is 1.88. The summed E-state index contributed by atoms with van der Waals surface area (Å²) in [6.45, 7) is 2.48. The maximum absolute atomic E-state index is 8.20. The molecule has 1 N–H and O–H groups in total. The van der Waals surface area contributed by atoms with Crippen molar-refractivity contribution >= 4 is 21.7 Å². The van der Waals surface area contributed by atoms with Crippen LogP contribution in [-0.2, 0) is 0 Å². The topological polar surface area (TPSA) is 20.2 Å². The Morgan fingerprint density at radius 2 is 1.75 bits per heavy atom. The Kier molecular flexibility index (Phi) is 22.5. The second kappa shape index (κ2) is 15.6. The molecule has 0 aliphatic carbocycles. The van der Waals surface area contributed by atoms with E-state index in [0.29, 0.717) is 6.61 Å². The van der Waals surface area contributed by atoms with Gasteiger partial charge < -0.3 is 5.11 Å². The summed E-state index contributed by atoms with van der Waals surface area (Å²) in [5.74, 6) is 0. The van der Waals surface area contributed by atoms with Crippen LogP contribution in [0.4, 0.5) is 0 Å². The molecule has 0 rings (SSSR count). The molecule has 0 fully saturated rings. The van der Waals surface area contributed by atoms with Crippen LogP contribution in [-0.4, -0.2) is 33.4 Å². The Hall–Kier alpha value is 0.726. The molecule has 0 atom stereocenters. The van der Waals surface area contributed by atoms with E-state index in [4.69, 9.17) is 5.11 Å². The van der Waals surface area contributed by atoms with Crippen molar-refractivity contribution in [2.24, 2.45) is 0 Å². The van der Waals surface area contributed by atoms with E-state index >= 15 is 0 Å². The van der Waals surface area contributed by atoms with Gasteiger partial charge in [-0.1, -0.05) is 19.8 Å². The third-order valence-electron chi connectivity index (χ3n) is 0.762. The highest BCUT2D eigenvalue weighted by atomic mass is 24.4. The van der Waals surface area contributed by atoms with E-state index in [1.54, 1.807) is 0 Å². The van der Waals surface area contributed by atoms with E-state index in [1.165, 1.54) is 6.42 Å². The number of hydrogen-bond donors (Lipinski definition) is 1. The zero-order chi connectivity index (χ0) is 6.83. The largest absolute Gasteiger partial charge is 1.41 e. The molecule has 0 heterocycles. The minimum Gasteiger partial charge on any atom is -0.396 e. The lowest BCUT2D eigenvalue weighted by Gasteiger charge is -1.85. The predicted octanol–water partition coefficient (Wildman–Crippen LogP) is 1.37. The van der Waals surface area contributed by atoms with Crippen molar-refractivity contribution in [3.8, 4) is 0 Å². The van der Waals surface area contributed by atoms with Crippen molar-refractivity contribution in [1.29, 1.82) is 0 Å². The Bertz CT molecular complexity index is 20.5. The number of aliphatic hydroxyl groups is 1. The average molecular weight is 127 g/mol. The molecule has 7 radical (unpaired) electrons. The summed E-state index contributed by atoms with van der Waals surface area (Å²) >= 11 is 1.86. The highest BCUT2D eigenvalue weighted by Crippen LogP contribution is 1.89. The van der Waals surface area contributed by atoms with E-state index in [9.17, 15) is 0 Å². The summed E-state index contributed by atoms with van der Waals surface area (Å²) in [6.07, 6.45) is 3.33. The number of aliphatic hydroxyl groups excluding tert-OH is 1. The molecule has 8 heavy (non-hydrogen) atoms. The molecular weight excluding hydrogens is 112 g/mol. The quantitative estimate of drug-likeness (QED) is 0.449. The van der Waals surface area contributed by atoms with Gasteiger partial charge >= 0.3 is 21.7 Å². The first-order valence-electron chi connectivity index (χ1n) is 3.23. The van der Waals surface area contributed by atoms with Crippen LogP contribution in [0.15, 0.2) is 0 Å². The van der Waals surface area contributed by atoms with Gasteiger partial charge in [-0.05, 0) is 6.42 Å². The summed E-state index contributed by atoms with van der Waals surface area (Å²) in [7, 11) is 0. The zero-order valence-electron chi connectivity index (χ0n) is 5.98. The van der Waals surface area contributed by atoms with Crippen LogP contribution in [0.5, 0.6) is 0 Å². The predicted molar refractivity (Wildman–Crippen MR) is 38.2 cm³/mol. The molecule has 0 aromatic carbocycles. The number of rotatable bonds is 3. The molecule has 0 saturated carbocycles. The summed E-state index contributed by atoms with van der Waals surface area (Å²) < 4.78 is 0. The van der Waals surface area contributed by atoms with Gasteiger partial charge in [-0.15, -0.1) is 0 Å². The van der Waals surface area contributed by atoms with Crippen molar-refractivity contribution in [2.45, 2.75) is 31.2 Å². The molecule has 45 valence electrons. The number of hydrogen-bond acceptors (Lipinski definition) is 1. The van der Waals surface area contributed by atoms with Crippen LogP contribution in [0.2, 0.25) is 5.05 Å². The monoisotopic (exact) mass is 127 g/mol. The fraction of sp³-hybridized carbons (Fsp3) is 1.00. The fourth-order valence-electron chi connectivity index (χ4n) is 0.362. The van der Waals surface area contributed by atoms with Gasteiger partial charge in [0.05, 0.1) is 0 Å². The minimum atomic E-state index is 0.355. The summed E-state index contributed by atoms with van der Waals surface area (Å²) in [4.78, 5) is 0. The van der Waals surface area contributed by atoms with Gasteiger partial charge in [-0.25, -0.2) is 0 Å². The molecule has 0 aliphatic rings. The second-order valence-electron chi connectivity index (χ2n) is 1.43. The van der Waals surface area contributed by atoms with Crippen molar-refractivity contribution in [3.05, 3.63) is 0 Å². The molecule has 0 bridgehead atoms. The van der Waals surface area contributed by atoms with Crippen LogP contribution in [0.25, 0.3) is 0 Å². The van der Waals surface area contributed by atoms with Gasteiger partial charge in [0.25, 0.3) is 5.05 Å². The molecule has 0 aliphatic heterocycles. The van der Waals surface area contributed by atoms with E-state index in [1.807, 2.05) is 26.8 Å². The molecule has 2 heteroatoms. The SMILES string of the molecule is CCCCCO.[CH3][Mg+2]. The first-order chi connectivity index (χ1) is 3.91. The van der Waals surface area contributed by atoms with Crippen LogP contribution in [0.1, 0.15) is 26.2 Å². The third kappa shape index (κ3) is 15.9. The van der Waals surface area contributed by atoms with Gasteiger partial charge in [0.15, 0.2) is 0 Å². The summed E-state index contributed by atoms with van der Waals surface area (Å²) in [6, 6.07) is 0. The van der Waals surface area contributed by atoms with Crippen molar-refractivity contribution in [3.63, 3.8) is 0 Å². The van der Waals surface area contributed by atoms with E-state index in [-0.39, 0.29) is 0 Å². The fourth-order valence-corrected chi connectivity index (χ4v) is 0.362. The molecule has 1 nitrogen and oxygen atoms in total. The van der Waals surface area contributed by atoms with Gasteiger partial charge in [0.2, 0.25) is 0 Å². The molecule has 0 spiro atoms. The lowest BCUT2D eigenvalue weighted by molar-refractivity contribution is 0.284. The zero-order valence-corrected chi connectivity index (χ0v) is 7.40. The first kappa shape index (κ1) is 11.5. The highest BCUT2D eigenvalue weighted by Gasteiger charge is 1.99. The van der Waals surface area contributed by atoms with Crippen molar-refractivity contribution in [2.75, 3.05) is 6.61 Å². The Balaban J connectivity index is 0. The first-order valence-corrected chi connectivity index (χ1v) is 4.64. The van der Waals surface area contributed by atoms with Gasteiger partial charge in [0.1, 0.15) is 0 Å². The molecular formula is C6H15MgO+2. The maximum Gasteiger partial charge on any atom is 1.41 e. The van der Waals surface area contributed by atoms with Gasteiger partial charge in [-0.3, -0.25) is 0 Å². The van der Waals surface area contributed by atoms with Crippen molar-refractivity contribution < 1.29 is 5.11 Å². The Morgan fingerprint density at radius 1 is 1.25 bits per heavy atom. The minimum absolute atomic E-state index is 0.355. The molecule has 0 aromatic heterocycles. The van der Waals surface area contributed by atoms with Crippen LogP contribution in [0.3, 0.4) is 0 Å². The maximum atomic E-state index is 8.20. The normalized spacial score (nSPS) is 7.50. The van der Waals surface area contributed by atoms with Crippen LogP contribution >= 0.6 is 0 Å². The lowest BCUT2D eigenvalue weighted by Crippen LogP contribution is -1.78. The molecule has 0 saturated heterocycles. The van der Waals surface area contributed by atoms with Crippen LogP contribution < -0.4 is 0 Å². The van der Waals surface area contributed by atoms with Gasteiger partial charge in [0, 0.05) is 6.61 Å². The molecule has 0 amide bonds. The second-order valence-corrected chi connectivity index (χ2v) is 1.43. The van der Waals surface area contributed by atoms with E-state index < -0.39 is 0 Å². The number of unbranched alkanes of at least 4 members (excludes halogenated alkanes) is 2. The summed E-state index contributed by atoms with van der Waals surface area (Å²) in [5.41, 5.74) is 0. The third-order valence-corrected chi connectivity index (χ3v) is 0.762. The van der Waals surface area contributed by atoms with Crippen molar-refractivity contribution in [1.82, 2.24) is 0 Å². The smallest absolute Gasteiger partial charge is 0.396 e. The highest BCUT2D eigenvalue weighted by molar-refractivity contribution is 6.05. The summed E-state index contributed by atoms with van der Waals surface area (Å²) in [5, 5.41) is 10.2. The standard InChI is InChI=1S/C5H12O.CH3.Mg/c1-2-3-4-5-6;;/h6H,2-5H2,1H3;1H3;/q;;+2.